The Bertz CT molecular complexity index is 487. The van der Waals surface area contributed by atoms with E-state index in [0.29, 0.717) is 0 Å². The molecule has 0 spiro atoms. The van der Waals surface area contributed by atoms with E-state index in [1.165, 1.54) is 6.42 Å². The first-order valence-electron chi connectivity index (χ1n) is 7.07. The Morgan fingerprint density at radius 2 is 2.00 bits per heavy atom. The molecule has 7 nitrogen and oxygen atoms in total. The highest BCUT2D eigenvalue weighted by Gasteiger charge is 2.25. The van der Waals surface area contributed by atoms with Gasteiger partial charge in [0.1, 0.15) is 5.82 Å². The van der Waals surface area contributed by atoms with Gasteiger partial charge in [-0.25, -0.2) is 0 Å². The summed E-state index contributed by atoms with van der Waals surface area (Å²) < 4.78 is 1.82. The molecule has 2 heterocycles. The number of aryl methyl sites for hydroxylation is 2. The zero-order valence-corrected chi connectivity index (χ0v) is 12.5. The second-order valence-electron chi connectivity index (χ2n) is 5.22. The summed E-state index contributed by atoms with van der Waals surface area (Å²) in [5, 5.41) is 16.5. The van der Waals surface area contributed by atoms with Crippen molar-refractivity contribution < 1.29 is 5.21 Å². The van der Waals surface area contributed by atoms with Crippen molar-refractivity contribution in [3.05, 3.63) is 11.3 Å². The lowest BCUT2D eigenvalue weighted by Gasteiger charge is -2.36. The van der Waals surface area contributed by atoms with Crippen LogP contribution in [0.15, 0.2) is 5.16 Å². The summed E-state index contributed by atoms with van der Waals surface area (Å²) in [7, 11) is 1.90. The van der Waals surface area contributed by atoms with Crippen LogP contribution in [0.25, 0.3) is 0 Å². The van der Waals surface area contributed by atoms with Gasteiger partial charge in [-0.3, -0.25) is 9.58 Å². The largest absolute Gasteiger partial charge is 0.409 e. The smallest absolute Gasteiger partial charge is 0.175 e. The number of hydrogen-bond acceptors (Lipinski definition) is 5. The molecule has 0 unspecified atom stereocenters. The van der Waals surface area contributed by atoms with E-state index in [-0.39, 0.29) is 5.84 Å². The van der Waals surface area contributed by atoms with Gasteiger partial charge in [0.05, 0.1) is 11.3 Å². The van der Waals surface area contributed by atoms with E-state index < -0.39 is 0 Å². The van der Waals surface area contributed by atoms with Crippen molar-refractivity contribution in [2.75, 3.05) is 37.6 Å². The van der Waals surface area contributed by atoms with E-state index in [0.717, 1.165) is 49.8 Å². The molecule has 1 aromatic heterocycles. The van der Waals surface area contributed by atoms with Crippen molar-refractivity contribution in [1.29, 1.82) is 0 Å². The van der Waals surface area contributed by atoms with E-state index in [4.69, 9.17) is 10.9 Å². The monoisotopic (exact) mass is 280 g/mol. The first-order valence-corrected chi connectivity index (χ1v) is 7.07. The number of nitrogens with two attached hydrogens (primary N) is 1. The maximum Gasteiger partial charge on any atom is 0.175 e. The maximum atomic E-state index is 8.96. The normalized spacial score (nSPS) is 17.8. The molecule has 112 valence electrons. The molecular weight excluding hydrogens is 256 g/mol. The lowest BCUT2D eigenvalue weighted by atomic mass is 10.2. The Balaban J connectivity index is 2.22. The molecule has 0 atom stereocenters. The Hall–Kier alpha value is -1.76. The topological polar surface area (TPSA) is 82.9 Å². The number of oxime groups is 1. The molecular formula is C13H24N6O. The second-order valence-corrected chi connectivity index (χ2v) is 5.22. The summed E-state index contributed by atoms with van der Waals surface area (Å²) in [5.74, 6) is 1.07. The van der Waals surface area contributed by atoms with Gasteiger partial charge in [-0.15, -0.1) is 0 Å². The third kappa shape index (κ3) is 2.72. The number of nitrogens with zero attached hydrogens (tertiary/aromatic N) is 5. The van der Waals surface area contributed by atoms with E-state index in [2.05, 4.69) is 27.0 Å². The van der Waals surface area contributed by atoms with E-state index >= 15 is 0 Å². The predicted octanol–water partition coefficient (Wildman–Crippen LogP) is 0.355. The molecule has 0 radical (unpaired) electrons. The minimum atomic E-state index is 0.126. The first kappa shape index (κ1) is 14.6. The SMILES string of the molecule is CCCN1CCN(c2c(C(N)=NO)c(C)nn2C)CC1. The van der Waals surface area contributed by atoms with Gasteiger partial charge >= 0.3 is 0 Å². The van der Waals surface area contributed by atoms with Crippen LogP contribution in [0.5, 0.6) is 0 Å². The summed E-state index contributed by atoms with van der Waals surface area (Å²) in [5.41, 5.74) is 7.32. The van der Waals surface area contributed by atoms with Gasteiger partial charge in [0.25, 0.3) is 0 Å². The fraction of sp³-hybridized carbons (Fsp3) is 0.692. The highest BCUT2D eigenvalue weighted by molar-refractivity contribution is 6.02. The molecule has 0 aromatic carbocycles. The Kier molecular flexibility index (Phi) is 4.49. The van der Waals surface area contributed by atoms with Crippen molar-refractivity contribution >= 4 is 11.7 Å². The van der Waals surface area contributed by atoms with Gasteiger partial charge in [-0.05, 0) is 19.9 Å². The van der Waals surface area contributed by atoms with Crippen LogP contribution in [-0.4, -0.2) is 58.4 Å². The van der Waals surface area contributed by atoms with Crippen LogP contribution >= 0.6 is 0 Å². The van der Waals surface area contributed by atoms with Gasteiger partial charge in [0.2, 0.25) is 0 Å². The average Bonchev–Trinajstić information content (AvgIpc) is 2.74. The van der Waals surface area contributed by atoms with Crippen LogP contribution in [0.4, 0.5) is 5.82 Å². The van der Waals surface area contributed by atoms with Crippen LogP contribution < -0.4 is 10.6 Å². The lowest BCUT2D eigenvalue weighted by Crippen LogP contribution is -2.47. The maximum absolute atomic E-state index is 8.96. The molecule has 1 fully saturated rings. The molecule has 1 aliphatic rings. The fourth-order valence-electron chi connectivity index (χ4n) is 2.86. The molecule has 7 heteroatoms. The number of rotatable bonds is 4. The van der Waals surface area contributed by atoms with Gasteiger partial charge in [-0.1, -0.05) is 12.1 Å². The highest BCUT2D eigenvalue weighted by Crippen LogP contribution is 2.24. The van der Waals surface area contributed by atoms with Crippen molar-refractivity contribution in [2.45, 2.75) is 20.3 Å². The van der Waals surface area contributed by atoms with Crippen LogP contribution in [0.1, 0.15) is 24.6 Å². The Morgan fingerprint density at radius 1 is 1.35 bits per heavy atom. The predicted molar refractivity (Wildman–Crippen MR) is 79.4 cm³/mol. The number of amidine groups is 1. The molecule has 1 aliphatic heterocycles. The van der Waals surface area contributed by atoms with Gasteiger partial charge < -0.3 is 15.8 Å². The minimum absolute atomic E-state index is 0.126. The zero-order valence-electron chi connectivity index (χ0n) is 12.5. The molecule has 1 saturated heterocycles. The third-order valence-corrected chi connectivity index (χ3v) is 3.77. The minimum Gasteiger partial charge on any atom is -0.409 e. The summed E-state index contributed by atoms with van der Waals surface area (Å²) in [6.45, 7) is 9.17. The third-order valence-electron chi connectivity index (χ3n) is 3.77. The van der Waals surface area contributed by atoms with Crippen molar-refractivity contribution in [3.63, 3.8) is 0 Å². The average molecular weight is 280 g/mol. The molecule has 20 heavy (non-hydrogen) atoms. The standard InChI is InChI=1S/C13H24N6O/c1-4-5-18-6-8-19(9-7-18)13-11(12(14)16-20)10(2)15-17(13)3/h20H,4-9H2,1-3H3,(H2,14,16). The molecule has 0 aliphatic carbocycles. The Labute approximate surface area is 119 Å². The van der Waals surface area contributed by atoms with E-state index in [1.807, 2.05) is 18.7 Å². The summed E-state index contributed by atoms with van der Waals surface area (Å²) in [6, 6.07) is 0. The molecule has 3 N–H and O–H groups in total. The number of anilines is 1. The molecule has 1 aromatic rings. The van der Waals surface area contributed by atoms with Crippen LogP contribution in [0, 0.1) is 6.92 Å². The highest BCUT2D eigenvalue weighted by atomic mass is 16.4. The van der Waals surface area contributed by atoms with Crippen LogP contribution in [-0.2, 0) is 7.05 Å². The van der Waals surface area contributed by atoms with Crippen LogP contribution in [0.2, 0.25) is 0 Å². The van der Waals surface area contributed by atoms with Gasteiger partial charge in [-0.2, -0.15) is 5.10 Å². The Morgan fingerprint density at radius 3 is 2.55 bits per heavy atom. The summed E-state index contributed by atoms with van der Waals surface area (Å²) in [6.07, 6.45) is 1.18. The molecule has 2 rings (SSSR count). The quantitative estimate of drug-likeness (QED) is 0.360. The summed E-state index contributed by atoms with van der Waals surface area (Å²) in [4.78, 5) is 4.72. The number of aromatic nitrogens is 2. The number of hydrogen-bond donors (Lipinski definition) is 2. The van der Waals surface area contributed by atoms with Crippen molar-refractivity contribution in [2.24, 2.45) is 17.9 Å². The zero-order chi connectivity index (χ0) is 14.7. The van der Waals surface area contributed by atoms with Gasteiger partial charge in [0.15, 0.2) is 5.84 Å². The van der Waals surface area contributed by atoms with Crippen molar-refractivity contribution in [3.8, 4) is 0 Å². The van der Waals surface area contributed by atoms with Gasteiger partial charge in [0, 0.05) is 33.2 Å². The molecule has 0 bridgehead atoms. The second kappa shape index (κ2) is 6.13. The fourth-order valence-corrected chi connectivity index (χ4v) is 2.86. The van der Waals surface area contributed by atoms with Crippen molar-refractivity contribution in [1.82, 2.24) is 14.7 Å². The summed E-state index contributed by atoms with van der Waals surface area (Å²) >= 11 is 0. The lowest BCUT2D eigenvalue weighted by molar-refractivity contribution is 0.257. The molecule has 0 saturated carbocycles. The van der Waals surface area contributed by atoms with Crippen LogP contribution in [0.3, 0.4) is 0 Å². The first-order chi connectivity index (χ1) is 9.58. The van der Waals surface area contributed by atoms with E-state index in [1.54, 1.807) is 0 Å². The molecule has 0 amide bonds. The number of piperazine rings is 1. The van der Waals surface area contributed by atoms with E-state index in [9.17, 15) is 0 Å².